The summed E-state index contributed by atoms with van der Waals surface area (Å²) in [5, 5.41) is 6.34. The molecule has 6 nitrogen and oxygen atoms in total. The van der Waals surface area contributed by atoms with Crippen LogP contribution in [0.15, 0.2) is 29.3 Å². The molecule has 0 fully saturated rings. The Morgan fingerprint density at radius 2 is 1.88 bits per heavy atom. The van der Waals surface area contributed by atoms with Gasteiger partial charge in [-0.3, -0.25) is 4.99 Å². The Kier molecular flexibility index (Phi) is 12.1. The molecule has 26 heavy (non-hydrogen) atoms. The smallest absolute Gasteiger partial charge is 0.215 e. The SMILES string of the molecule is CCN(CC)S(=O)(=O)CCNC(=NC)NCC(C)c1cccc(C)c1.I. The number of hydrogen-bond acceptors (Lipinski definition) is 3. The number of hydrogen-bond donors (Lipinski definition) is 2. The Hall–Kier alpha value is -0.870. The van der Waals surface area contributed by atoms with Crippen molar-refractivity contribution in [2.24, 2.45) is 4.99 Å². The molecule has 2 N–H and O–H groups in total. The van der Waals surface area contributed by atoms with Gasteiger partial charge in [-0.2, -0.15) is 0 Å². The van der Waals surface area contributed by atoms with Crippen LogP contribution in [-0.2, 0) is 10.0 Å². The zero-order valence-corrected chi connectivity index (χ0v) is 19.6. The van der Waals surface area contributed by atoms with Gasteiger partial charge in [0.05, 0.1) is 5.75 Å². The van der Waals surface area contributed by atoms with Gasteiger partial charge in [0.25, 0.3) is 0 Å². The highest BCUT2D eigenvalue weighted by atomic mass is 127. The zero-order valence-electron chi connectivity index (χ0n) is 16.4. The average Bonchev–Trinajstić information content (AvgIpc) is 2.58. The van der Waals surface area contributed by atoms with Crippen molar-refractivity contribution in [1.29, 1.82) is 0 Å². The number of nitrogens with one attached hydrogen (secondary N) is 2. The number of guanidine groups is 1. The van der Waals surface area contributed by atoms with E-state index in [0.29, 0.717) is 31.5 Å². The molecule has 8 heteroatoms. The van der Waals surface area contributed by atoms with E-state index in [1.54, 1.807) is 7.05 Å². The summed E-state index contributed by atoms with van der Waals surface area (Å²) in [6.07, 6.45) is 0. The van der Waals surface area contributed by atoms with E-state index in [9.17, 15) is 8.42 Å². The highest BCUT2D eigenvalue weighted by molar-refractivity contribution is 14.0. The normalized spacial score (nSPS) is 13.2. The molecule has 1 rings (SSSR count). The molecular formula is C18H33IN4O2S. The van der Waals surface area contributed by atoms with Crippen LogP contribution in [-0.4, -0.2) is 57.7 Å². The van der Waals surface area contributed by atoms with Crippen LogP contribution in [0.25, 0.3) is 0 Å². The molecule has 1 unspecified atom stereocenters. The Morgan fingerprint density at radius 1 is 1.23 bits per heavy atom. The summed E-state index contributed by atoms with van der Waals surface area (Å²) in [7, 11) is -1.53. The molecule has 1 atom stereocenters. The molecule has 0 radical (unpaired) electrons. The standard InChI is InChI=1S/C18H32N4O2S.HI/c1-6-22(7-2)25(23,24)12-11-20-18(19-5)21-14-16(4)17-10-8-9-15(3)13-17;/h8-10,13,16H,6-7,11-12,14H2,1-5H3,(H2,19,20,21);1H. The number of nitrogens with zero attached hydrogens (tertiary/aromatic N) is 2. The Balaban J connectivity index is 0.00000625. The monoisotopic (exact) mass is 496 g/mol. The number of aryl methyl sites for hydroxylation is 1. The fourth-order valence-corrected chi connectivity index (χ4v) is 4.01. The van der Waals surface area contributed by atoms with Gasteiger partial charge >= 0.3 is 0 Å². The molecule has 0 saturated heterocycles. The molecule has 0 aliphatic carbocycles. The van der Waals surface area contributed by atoms with Crippen LogP contribution in [0, 0.1) is 6.92 Å². The fraction of sp³-hybridized carbons (Fsp3) is 0.611. The van der Waals surface area contributed by atoms with Crippen LogP contribution in [0.3, 0.4) is 0 Å². The van der Waals surface area contributed by atoms with Gasteiger partial charge in [-0.1, -0.05) is 50.6 Å². The minimum Gasteiger partial charge on any atom is -0.356 e. The Morgan fingerprint density at radius 3 is 2.42 bits per heavy atom. The molecule has 1 aromatic carbocycles. The van der Waals surface area contributed by atoms with Crippen molar-refractivity contribution in [2.75, 3.05) is 39.0 Å². The first kappa shape index (κ1) is 25.1. The third-order valence-electron chi connectivity index (χ3n) is 4.16. The highest BCUT2D eigenvalue weighted by Gasteiger charge is 2.18. The van der Waals surface area contributed by atoms with E-state index < -0.39 is 10.0 Å². The van der Waals surface area contributed by atoms with E-state index in [2.05, 4.69) is 53.7 Å². The molecule has 0 spiro atoms. The summed E-state index contributed by atoms with van der Waals surface area (Å²) in [5.74, 6) is 1.01. The van der Waals surface area contributed by atoms with E-state index in [4.69, 9.17) is 0 Å². The van der Waals surface area contributed by atoms with Crippen molar-refractivity contribution in [2.45, 2.75) is 33.6 Å². The number of sulfonamides is 1. The minimum absolute atomic E-state index is 0. The maximum absolute atomic E-state index is 12.2. The second-order valence-electron chi connectivity index (χ2n) is 6.10. The average molecular weight is 496 g/mol. The van der Waals surface area contributed by atoms with Crippen LogP contribution >= 0.6 is 24.0 Å². The summed E-state index contributed by atoms with van der Waals surface area (Å²) < 4.78 is 25.8. The van der Waals surface area contributed by atoms with Gasteiger partial charge in [0, 0.05) is 33.2 Å². The maximum Gasteiger partial charge on any atom is 0.215 e. The van der Waals surface area contributed by atoms with Gasteiger partial charge in [-0.25, -0.2) is 12.7 Å². The lowest BCUT2D eigenvalue weighted by atomic mass is 9.99. The van der Waals surface area contributed by atoms with E-state index in [-0.39, 0.29) is 29.7 Å². The predicted molar refractivity (Wildman–Crippen MR) is 121 cm³/mol. The van der Waals surface area contributed by atoms with Crippen molar-refractivity contribution in [3.8, 4) is 0 Å². The molecular weight excluding hydrogens is 463 g/mol. The number of rotatable bonds is 9. The topological polar surface area (TPSA) is 73.8 Å². The summed E-state index contributed by atoms with van der Waals surface area (Å²) in [5.41, 5.74) is 2.51. The summed E-state index contributed by atoms with van der Waals surface area (Å²) in [6, 6.07) is 8.44. The van der Waals surface area contributed by atoms with Crippen molar-refractivity contribution < 1.29 is 8.42 Å². The highest BCUT2D eigenvalue weighted by Crippen LogP contribution is 2.15. The van der Waals surface area contributed by atoms with Gasteiger partial charge in [0.1, 0.15) is 0 Å². The third kappa shape index (κ3) is 8.22. The van der Waals surface area contributed by atoms with Gasteiger partial charge in [0.15, 0.2) is 5.96 Å². The summed E-state index contributed by atoms with van der Waals surface area (Å²) >= 11 is 0. The molecule has 0 aliphatic heterocycles. The Labute approximate surface area is 175 Å². The van der Waals surface area contributed by atoms with Gasteiger partial charge in [-0.05, 0) is 18.4 Å². The quantitative estimate of drug-likeness (QED) is 0.313. The van der Waals surface area contributed by atoms with Gasteiger partial charge in [0.2, 0.25) is 10.0 Å². The van der Waals surface area contributed by atoms with Crippen molar-refractivity contribution >= 4 is 40.0 Å². The lowest BCUT2D eigenvalue weighted by Crippen LogP contribution is -2.43. The lowest BCUT2D eigenvalue weighted by molar-refractivity contribution is 0.445. The second kappa shape index (κ2) is 12.5. The first-order valence-corrected chi connectivity index (χ1v) is 10.4. The van der Waals surface area contributed by atoms with E-state index in [0.717, 1.165) is 6.54 Å². The third-order valence-corrected chi connectivity index (χ3v) is 6.18. The summed E-state index contributed by atoms with van der Waals surface area (Å²) in [4.78, 5) is 4.16. The second-order valence-corrected chi connectivity index (χ2v) is 8.18. The van der Waals surface area contributed by atoms with Gasteiger partial charge in [-0.15, -0.1) is 24.0 Å². The first-order chi connectivity index (χ1) is 11.8. The van der Waals surface area contributed by atoms with E-state index in [1.807, 2.05) is 13.8 Å². The van der Waals surface area contributed by atoms with Crippen LogP contribution in [0.5, 0.6) is 0 Å². The molecule has 0 aliphatic rings. The molecule has 0 bridgehead atoms. The summed E-state index contributed by atoms with van der Waals surface area (Å²) in [6.45, 7) is 9.99. The maximum atomic E-state index is 12.2. The van der Waals surface area contributed by atoms with Gasteiger partial charge < -0.3 is 10.6 Å². The zero-order chi connectivity index (χ0) is 18.9. The number of aliphatic imine (C=N–C) groups is 1. The largest absolute Gasteiger partial charge is 0.356 e. The van der Waals surface area contributed by atoms with Crippen LogP contribution in [0.4, 0.5) is 0 Å². The molecule has 150 valence electrons. The van der Waals surface area contributed by atoms with Crippen LogP contribution < -0.4 is 10.6 Å². The van der Waals surface area contributed by atoms with Crippen LogP contribution in [0.2, 0.25) is 0 Å². The number of benzene rings is 1. The number of halogens is 1. The molecule has 0 amide bonds. The van der Waals surface area contributed by atoms with Crippen molar-refractivity contribution in [1.82, 2.24) is 14.9 Å². The van der Waals surface area contributed by atoms with E-state index >= 15 is 0 Å². The molecule has 0 heterocycles. The van der Waals surface area contributed by atoms with Crippen LogP contribution in [0.1, 0.15) is 37.8 Å². The predicted octanol–water partition coefficient (Wildman–Crippen LogP) is 2.55. The lowest BCUT2D eigenvalue weighted by Gasteiger charge is -2.20. The first-order valence-electron chi connectivity index (χ1n) is 8.82. The fourth-order valence-electron chi connectivity index (χ4n) is 2.61. The van der Waals surface area contributed by atoms with Crippen molar-refractivity contribution in [3.63, 3.8) is 0 Å². The van der Waals surface area contributed by atoms with Crippen molar-refractivity contribution in [3.05, 3.63) is 35.4 Å². The molecule has 1 aromatic rings. The van der Waals surface area contributed by atoms with E-state index in [1.165, 1.54) is 15.4 Å². The minimum atomic E-state index is -3.22. The molecule has 0 aromatic heterocycles. The Bertz CT molecular complexity index is 661. The molecule has 0 saturated carbocycles.